The van der Waals surface area contributed by atoms with Gasteiger partial charge in [-0.3, -0.25) is 9.59 Å². The minimum atomic E-state index is -0.430. The molecular formula is C24H23N5O4. The molecule has 2 aromatic heterocycles. The second-order valence-electron chi connectivity index (χ2n) is 7.50. The van der Waals surface area contributed by atoms with Crippen LogP contribution in [-0.2, 0) is 16.1 Å². The number of hydrogen-bond acceptors (Lipinski definition) is 6. The first kappa shape index (κ1) is 21.9. The number of hydrogen-bond donors (Lipinski definition) is 1. The lowest BCUT2D eigenvalue weighted by atomic mass is 10.2. The van der Waals surface area contributed by atoms with Gasteiger partial charge in [0.25, 0.3) is 5.56 Å². The third-order valence-corrected chi connectivity index (χ3v) is 5.18. The highest BCUT2D eigenvalue weighted by Gasteiger charge is 2.17. The maximum absolute atomic E-state index is 13.2. The van der Waals surface area contributed by atoms with Crippen LogP contribution in [0.15, 0.2) is 59.5 Å². The van der Waals surface area contributed by atoms with Crippen LogP contribution >= 0.6 is 0 Å². The van der Waals surface area contributed by atoms with E-state index in [4.69, 9.17) is 4.74 Å². The van der Waals surface area contributed by atoms with Gasteiger partial charge in [-0.25, -0.2) is 14.2 Å². The van der Waals surface area contributed by atoms with Gasteiger partial charge < -0.3 is 10.1 Å². The molecule has 0 fully saturated rings. The van der Waals surface area contributed by atoms with Crippen molar-refractivity contribution in [2.24, 2.45) is 0 Å². The highest BCUT2D eigenvalue weighted by molar-refractivity contribution is 5.93. The van der Waals surface area contributed by atoms with Crippen molar-refractivity contribution in [3.8, 4) is 5.69 Å². The molecular weight excluding hydrogens is 422 g/mol. The highest BCUT2D eigenvalue weighted by atomic mass is 16.5. The molecule has 0 unspecified atom stereocenters. The van der Waals surface area contributed by atoms with E-state index in [0.717, 1.165) is 15.9 Å². The fourth-order valence-electron chi connectivity index (χ4n) is 3.55. The molecule has 0 bridgehead atoms. The monoisotopic (exact) mass is 445 g/mol. The molecule has 1 amide bonds. The summed E-state index contributed by atoms with van der Waals surface area (Å²) in [6.07, 6.45) is 1.61. The summed E-state index contributed by atoms with van der Waals surface area (Å²) >= 11 is 0. The molecule has 0 aliphatic carbocycles. The van der Waals surface area contributed by atoms with E-state index in [0.29, 0.717) is 27.8 Å². The van der Waals surface area contributed by atoms with Crippen LogP contribution in [0, 0.1) is 13.8 Å². The summed E-state index contributed by atoms with van der Waals surface area (Å²) in [5.74, 6) is -0.852. The van der Waals surface area contributed by atoms with Crippen molar-refractivity contribution in [1.82, 2.24) is 19.6 Å². The topological polar surface area (TPSA) is 108 Å². The van der Waals surface area contributed by atoms with E-state index in [-0.39, 0.29) is 13.2 Å². The van der Waals surface area contributed by atoms with Gasteiger partial charge in [-0.1, -0.05) is 18.2 Å². The molecule has 168 valence electrons. The Balaban J connectivity index is 1.60. The first-order valence-corrected chi connectivity index (χ1v) is 10.5. The Labute approximate surface area is 189 Å². The number of rotatable bonds is 6. The molecule has 2 heterocycles. The van der Waals surface area contributed by atoms with E-state index < -0.39 is 17.4 Å². The Hall–Kier alpha value is -4.27. The summed E-state index contributed by atoms with van der Waals surface area (Å²) in [7, 11) is 0. The number of amides is 1. The molecule has 1 N–H and O–H groups in total. The van der Waals surface area contributed by atoms with Gasteiger partial charge >= 0.3 is 5.97 Å². The van der Waals surface area contributed by atoms with Crippen molar-refractivity contribution in [2.45, 2.75) is 27.3 Å². The minimum absolute atomic E-state index is 0.270. The molecule has 4 rings (SSSR count). The summed E-state index contributed by atoms with van der Waals surface area (Å²) < 4.78 is 7.67. The average Bonchev–Trinajstić information content (AvgIpc) is 3.24. The number of anilines is 1. The first-order chi connectivity index (χ1) is 15.9. The fraction of sp³-hybridized carbons (Fsp3) is 0.208. The predicted molar refractivity (Wildman–Crippen MR) is 124 cm³/mol. The van der Waals surface area contributed by atoms with Gasteiger partial charge in [0.1, 0.15) is 12.1 Å². The lowest BCUT2D eigenvalue weighted by Crippen LogP contribution is -2.31. The van der Waals surface area contributed by atoms with Crippen LogP contribution in [0.4, 0.5) is 5.69 Å². The minimum Gasteiger partial charge on any atom is -0.462 e. The standard InChI is InChI=1S/C24H23N5O4/c1-4-33-24(32)17-9-11-18(12-10-17)26-21(30)14-28-23(31)22-19(16(3)27-28)13-25-29(22)20-8-6-5-7-15(20)2/h5-13H,4,14H2,1-3H3,(H,26,30). The predicted octanol–water partition coefficient (Wildman–Crippen LogP) is 3.01. The summed E-state index contributed by atoms with van der Waals surface area (Å²) in [6.45, 7) is 5.46. The largest absolute Gasteiger partial charge is 0.462 e. The van der Waals surface area contributed by atoms with Crippen LogP contribution in [0.25, 0.3) is 16.6 Å². The van der Waals surface area contributed by atoms with Gasteiger partial charge in [0.05, 0.1) is 29.7 Å². The van der Waals surface area contributed by atoms with E-state index in [1.807, 2.05) is 31.2 Å². The molecule has 0 radical (unpaired) electrons. The number of para-hydroxylation sites is 1. The summed E-state index contributed by atoms with van der Waals surface area (Å²) in [6, 6.07) is 13.9. The van der Waals surface area contributed by atoms with E-state index in [2.05, 4.69) is 15.5 Å². The van der Waals surface area contributed by atoms with Crippen LogP contribution in [-0.4, -0.2) is 38.0 Å². The number of nitrogens with zero attached hydrogens (tertiary/aromatic N) is 4. The van der Waals surface area contributed by atoms with Crippen molar-refractivity contribution in [1.29, 1.82) is 0 Å². The van der Waals surface area contributed by atoms with Crippen molar-refractivity contribution in [2.75, 3.05) is 11.9 Å². The fourth-order valence-corrected chi connectivity index (χ4v) is 3.55. The van der Waals surface area contributed by atoms with Gasteiger partial charge in [0.2, 0.25) is 5.91 Å². The van der Waals surface area contributed by atoms with Crippen LogP contribution < -0.4 is 10.9 Å². The third kappa shape index (κ3) is 4.38. The SMILES string of the molecule is CCOC(=O)c1ccc(NC(=O)Cn2nc(C)c3cnn(-c4ccccc4C)c3c2=O)cc1. The summed E-state index contributed by atoms with van der Waals surface area (Å²) in [5, 5.41) is 12.0. The quantitative estimate of drug-likeness (QED) is 0.457. The van der Waals surface area contributed by atoms with Crippen molar-refractivity contribution >= 4 is 28.5 Å². The Morgan fingerprint density at radius 1 is 1.06 bits per heavy atom. The molecule has 0 aliphatic heterocycles. The number of benzene rings is 2. The zero-order valence-electron chi connectivity index (χ0n) is 18.5. The van der Waals surface area contributed by atoms with E-state index in [9.17, 15) is 14.4 Å². The van der Waals surface area contributed by atoms with Crippen LogP contribution in [0.1, 0.15) is 28.5 Å². The lowest BCUT2D eigenvalue weighted by Gasteiger charge is -2.10. The molecule has 9 heteroatoms. The molecule has 4 aromatic rings. The Bertz CT molecular complexity index is 1400. The van der Waals surface area contributed by atoms with Crippen molar-refractivity contribution in [3.05, 3.63) is 81.9 Å². The first-order valence-electron chi connectivity index (χ1n) is 10.5. The average molecular weight is 445 g/mol. The molecule has 0 spiro atoms. The molecule has 0 aliphatic rings. The van der Waals surface area contributed by atoms with E-state index in [1.54, 1.807) is 49.0 Å². The lowest BCUT2D eigenvalue weighted by molar-refractivity contribution is -0.117. The number of esters is 1. The highest BCUT2D eigenvalue weighted by Crippen LogP contribution is 2.19. The number of fused-ring (bicyclic) bond motifs is 1. The molecule has 9 nitrogen and oxygen atoms in total. The second kappa shape index (κ2) is 9.07. The molecule has 0 saturated heterocycles. The van der Waals surface area contributed by atoms with Gasteiger partial charge in [-0.15, -0.1) is 0 Å². The second-order valence-corrected chi connectivity index (χ2v) is 7.50. The number of aryl methyl sites for hydroxylation is 2. The van der Waals surface area contributed by atoms with Gasteiger partial charge in [-0.05, 0) is 56.7 Å². The normalized spacial score (nSPS) is 10.9. The molecule has 0 saturated carbocycles. The summed E-state index contributed by atoms with van der Waals surface area (Å²) in [4.78, 5) is 37.6. The smallest absolute Gasteiger partial charge is 0.338 e. The zero-order valence-corrected chi connectivity index (χ0v) is 18.5. The Kier molecular flexibility index (Phi) is 6.03. The van der Waals surface area contributed by atoms with Crippen LogP contribution in [0.5, 0.6) is 0 Å². The van der Waals surface area contributed by atoms with Gasteiger partial charge in [0, 0.05) is 11.1 Å². The van der Waals surface area contributed by atoms with E-state index >= 15 is 0 Å². The van der Waals surface area contributed by atoms with Gasteiger partial charge in [0.15, 0.2) is 0 Å². The maximum atomic E-state index is 13.2. The van der Waals surface area contributed by atoms with Crippen LogP contribution in [0.2, 0.25) is 0 Å². The van der Waals surface area contributed by atoms with Gasteiger partial charge in [-0.2, -0.15) is 10.2 Å². The Morgan fingerprint density at radius 3 is 2.48 bits per heavy atom. The zero-order chi connectivity index (χ0) is 23.5. The van der Waals surface area contributed by atoms with Crippen LogP contribution in [0.3, 0.4) is 0 Å². The number of carbonyl (C=O) groups excluding carboxylic acids is 2. The third-order valence-electron chi connectivity index (χ3n) is 5.18. The van der Waals surface area contributed by atoms with Crippen molar-refractivity contribution in [3.63, 3.8) is 0 Å². The Morgan fingerprint density at radius 2 is 1.79 bits per heavy atom. The number of carbonyl (C=O) groups is 2. The number of nitrogens with one attached hydrogen (secondary N) is 1. The number of aromatic nitrogens is 4. The number of ether oxygens (including phenoxy) is 1. The maximum Gasteiger partial charge on any atom is 0.338 e. The molecule has 2 aromatic carbocycles. The van der Waals surface area contributed by atoms with Crippen molar-refractivity contribution < 1.29 is 14.3 Å². The van der Waals surface area contributed by atoms with E-state index in [1.165, 1.54) is 0 Å². The summed E-state index contributed by atoms with van der Waals surface area (Å²) in [5.41, 5.74) is 3.17. The molecule has 33 heavy (non-hydrogen) atoms. The molecule has 0 atom stereocenters.